The van der Waals surface area contributed by atoms with Crippen LogP contribution in [0.4, 0.5) is 8.78 Å². The van der Waals surface area contributed by atoms with E-state index in [9.17, 15) is 13.6 Å². The number of hydrogen-bond acceptors (Lipinski definition) is 2. The lowest BCUT2D eigenvalue weighted by atomic mass is 10.1. The normalized spacial score (nSPS) is 10.5. The van der Waals surface area contributed by atoms with Crippen molar-refractivity contribution in [1.29, 1.82) is 0 Å². The molecular weight excluding hydrogens is 296 g/mol. The van der Waals surface area contributed by atoms with E-state index >= 15 is 0 Å². The molecule has 0 bridgehead atoms. The van der Waals surface area contributed by atoms with E-state index < -0.39 is 17.5 Å². The van der Waals surface area contributed by atoms with Gasteiger partial charge in [0.15, 0.2) is 0 Å². The van der Waals surface area contributed by atoms with Gasteiger partial charge in [-0.3, -0.25) is 9.89 Å². The monoisotopic (exact) mass is 301 g/mol. The van der Waals surface area contributed by atoms with E-state index in [0.717, 1.165) is 12.1 Å². The SMILES string of the molecule is NC(=O)c1cc(-c2cc(F)c(Br)cc2F)n[nH]1. The van der Waals surface area contributed by atoms with Gasteiger partial charge in [-0.15, -0.1) is 0 Å². The molecule has 0 atom stereocenters. The molecule has 0 fully saturated rings. The second kappa shape index (κ2) is 4.25. The summed E-state index contributed by atoms with van der Waals surface area (Å²) in [5.41, 5.74) is 5.11. The molecule has 4 nitrogen and oxygen atoms in total. The quantitative estimate of drug-likeness (QED) is 0.835. The fourth-order valence-corrected chi connectivity index (χ4v) is 1.62. The van der Waals surface area contributed by atoms with Crippen LogP contribution in [0.25, 0.3) is 11.3 Å². The van der Waals surface area contributed by atoms with E-state index in [-0.39, 0.29) is 21.4 Å². The summed E-state index contributed by atoms with van der Waals surface area (Å²) in [7, 11) is 0. The van der Waals surface area contributed by atoms with Crippen LogP contribution in [-0.4, -0.2) is 16.1 Å². The Labute approximate surface area is 103 Å². The molecule has 1 amide bonds. The maximum Gasteiger partial charge on any atom is 0.266 e. The molecule has 7 heteroatoms. The fourth-order valence-electron chi connectivity index (χ4n) is 1.30. The van der Waals surface area contributed by atoms with Crippen molar-refractivity contribution in [3.05, 3.63) is 40.0 Å². The highest BCUT2D eigenvalue weighted by molar-refractivity contribution is 9.10. The molecule has 88 valence electrons. The number of nitrogens with two attached hydrogens (primary N) is 1. The zero-order valence-electron chi connectivity index (χ0n) is 8.30. The molecule has 0 aliphatic heterocycles. The van der Waals surface area contributed by atoms with Crippen molar-refractivity contribution in [2.75, 3.05) is 0 Å². The van der Waals surface area contributed by atoms with Gasteiger partial charge in [-0.2, -0.15) is 5.10 Å². The Morgan fingerprint density at radius 1 is 1.29 bits per heavy atom. The van der Waals surface area contributed by atoms with Crippen LogP contribution in [-0.2, 0) is 0 Å². The van der Waals surface area contributed by atoms with Gasteiger partial charge in [-0.1, -0.05) is 0 Å². The number of carbonyl (C=O) groups excluding carboxylic acids is 1. The Bertz CT molecular complexity index is 597. The van der Waals surface area contributed by atoms with Gasteiger partial charge in [0.1, 0.15) is 17.3 Å². The van der Waals surface area contributed by atoms with E-state index in [1.807, 2.05) is 0 Å². The van der Waals surface area contributed by atoms with Crippen LogP contribution in [0, 0.1) is 11.6 Å². The molecule has 0 saturated heterocycles. The van der Waals surface area contributed by atoms with E-state index in [2.05, 4.69) is 26.1 Å². The van der Waals surface area contributed by atoms with E-state index in [4.69, 9.17) is 5.73 Å². The zero-order chi connectivity index (χ0) is 12.6. The predicted molar refractivity (Wildman–Crippen MR) is 60.2 cm³/mol. The third kappa shape index (κ3) is 2.19. The molecule has 2 rings (SSSR count). The van der Waals surface area contributed by atoms with Crippen molar-refractivity contribution in [1.82, 2.24) is 10.2 Å². The number of nitrogens with one attached hydrogen (secondary N) is 1. The van der Waals surface area contributed by atoms with Gasteiger partial charge in [0.05, 0.1) is 10.2 Å². The molecule has 17 heavy (non-hydrogen) atoms. The van der Waals surface area contributed by atoms with Crippen LogP contribution in [0.3, 0.4) is 0 Å². The van der Waals surface area contributed by atoms with Crippen LogP contribution >= 0.6 is 15.9 Å². The Morgan fingerprint density at radius 3 is 2.59 bits per heavy atom. The summed E-state index contributed by atoms with van der Waals surface area (Å²) in [5, 5.41) is 6.03. The number of aromatic nitrogens is 2. The summed E-state index contributed by atoms with van der Waals surface area (Å²) in [6.45, 7) is 0. The molecule has 0 saturated carbocycles. The number of rotatable bonds is 2. The molecule has 3 N–H and O–H groups in total. The molecule has 1 heterocycles. The van der Waals surface area contributed by atoms with E-state index in [1.54, 1.807) is 0 Å². The molecule has 0 spiro atoms. The molecule has 0 unspecified atom stereocenters. The highest BCUT2D eigenvalue weighted by Gasteiger charge is 2.14. The zero-order valence-corrected chi connectivity index (χ0v) is 9.88. The number of primary amides is 1. The lowest BCUT2D eigenvalue weighted by Gasteiger charge is -2.01. The van der Waals surface area contributed by atoms with Crippen molar-refractivity contribution < 1.29 is 13.6 Å². The number of hydrogen-bond donors (Lipinski definition) is 2. The summed E-state index contributed by atoms with van der Waals surface area (Å²) in [6.07, 6.45) is 0. The number of H-pyrrole nitrogens is 1. The van der Waals surface area contributed by atoms with Crippen molar-refractivity contribution in [2.24, 2.45) is 5.73 Å². The first-order valence-corrected chi connectivity index (χ1v) is 5.28. The van der Waals surface area contributed by atoms with Crippen LogP contribution in [0.5, 0.6) is 0 Å². The minimum Gasteiger partial charge on any atom is -0.364 e. The van der Waals surface area contributed by atoms with Gasteiger partial charge >= 0.3 is 0 Å². The van der Waals surface area contributed by atoms with E-state index in [0.29, 0.717) is 0 Å². The summed E-state index contributed by atoms with van der Waals surface area (Å²) in [5.74, 6) is -1.99. The van der Waals surface area contributed by atoms with Crippen LogP contribution in [0.1, 0.15) is 10.5 Å². The van der Waals surface area contributed by atoms with Crippen LogP contribution in [0.2, 0.25) is 0 Å². The summed E-state index contributed by atoms with van der Waals surface area (Å²) >= 11 is 2.86. The Kier molecular flexibility index (Phi) is 2.93. The molecule has 1 aromatic heterocycles. The first-order valence-electron chi connectivity index (χ1n) is 4.49. The number of amides is 1. The highest BCUT2D eigenvalue weighted by Crippen LogP contribution is 2.26. The number of carbonyl (C=O) groups is 1. The fraction of sp³-hybridized carbons (Fsp3) is 0. The lowest BCUT2D eigenvalue weighted by Crippen LogP contribution is -2.10. The number of benzene rings is 1. The molecule has 1 aromatic carbocycles. The number of aromatic amines is 1. The van der Waals surface area contributed by atoms with Gasteiger partial charge in [-0.05, 0) is 34.1 Å². The summed E-state index contributed by atoms with van der Waals surface area (Å²) in [4.78, 5) is 10.8. The third-order valence-electron chi connectivity index (χ3n) is 2.13. The van der Waals surface area contributed by atoms with Gasteiger partial charge in [-0.25, -0.2) is 8.78 Å². The molecular formula is C10H6BrF2N3O. The van der Waals surface area contributed by atoms with Crippen molar-refractivity contribution >= 4 is 21.8 Å². The number of nitrogens with zero attached hydrogens (tertiary/aromatic N) is 1. The predicted octanol–water partition coefficient (Wildman–Crippen LogP) is 2.22. The minimum atomic E-state index is -0.721. The third-order valence-corrected chi connectivity index (χ3v) is 2.74. The average molecular weight is 302 g/mol. The largest absolute Gasteiger partial charge is 0.364 e. The first-order chi connectivity index (χ1) is 7.99. The molecule has 2 aromatic rings. The highest BCUT2D eigenvalue weighted by atomic mass is 79.9. The van der Waals surface area contributed by atoms with E-state index in [1.165, 1.54) is 6.07 Å². The number of halogens is 3. The average Bonchev–Trinajstić information content (AvgIpc) is 2.72. The Balaban J connectivity index is 2.52. The van der Waals surface area contributed by atoms with Gasteiger partial charge in [0, 0.05) is 5.56 Å². The maximum atomic E-state index is 13.6. The Morgan fingerprint density at radius 2 is 2.00 bits per heavy atom. The van der Waals surface area contributed by atoms with Gasteiger partial charge < -0.3 is 5.73 Å². The first kappa shape index (κ1) is 11.7. The second-order valence-electron chi connectivity index (χ2n) is 3.28. The summed E-state index contributed by atoms with van der Waals surface area (Å²) < 4.78 is 26.8. The summed E-state index contributed by atoms with van der Waals surface area (Å²) in [6, 6.07) is 3.23. The molecule has 0 radical (unpaired) electrons. The smallest absolute Gasteiger partial charge is 0.266 e. The lowest BCUT2D eigenvalue weighted by molar-refractivity contribution is 0.0995. The Hall–Kier alpha value is -1.76. The van der Waals surface area contributed by atoms with Gasteiger partial charge in [0.2, 0.25) is 0 Å². The molecule has 0 aliphatic carbocycles. The van der Waals surface area contributed by atoms with Crippen molar-refractivity contribution in [3.8, 4) is 11.3 Å². The second-order valence-corrected chi connectivity index (χ2v) is 4.13. The van der Waals surface area contributed by atoms with Gasteiger partial charge in [0.25, 0.3) is 5.91 Å². The molecule has 0 aliphatic rings. The maximum absolute atomic E-state index is 13.6. The minimum absolute atomic E-state index is 0.0180. The van der Waals surface area contributed by atoms with Crippen molar-refractivity contribution in [2.45, 2.75) is 0 Å². The topological polar surface area (TPSA) is 71.8 Å². The van der Waals surface area contributed by atoms with Crippen LogP contribution < -0.4 is 5.73 Å². The van der Waals surface area contributed by atoms with Crippen LogP contribution in [0.15, 0.2) is 22.7 Å². The van der Waals surface area contributed by atoms with Crippen molar-refractivity contribution in [3.63, 3.8) is 0 Å². The standard InChI is InChI=1S/C10H6BrF2N3O/c11-5-2-6(12)4(1-7(5)13)8-3-9(10(14)17)16-15-8/h1-3H,(H2,14,17)(H,15,16).